The molecule has 4 aliphatic rings. The van der Waals surface area contributed by atoms with Gasteiger partial charge in [0.15, 0.2) is 0 Å². The van der Waals surface area contributed by atoms with Crippen LogP contribution in [0.5, 0.6) is 6.01 Å². The van der Waals surface area contributed by atoms with Crippen molar-refractivity contribution in [3.8, 4) is 6.01 Å². The Morgan fingerprint density at radius 2 is 1.76 bits per heavy atom. The van der Waals surface area contributed by atoms with Crippen molar-refractivity contribution in [2.45, 2.75) is 133 Å². The SMILES string of the molecule is CC(C)NC(=O)Nc1cccc2c1nc(O[C@@H]1C[C@H]3C(=O)N[C@]4(C(=O)NS(=O)(=O)C5(C)CC5)C[C@H]4/C=C\CCCCC[C@H](Nc4ccccc4)C(=O)N3C1)n2C(C)C. The quantitative estimate of drug-likeness (QED) is 0.167. The zero-order valence-corrected chi connectivity index (χ0v) is 34.7. The zero-order valence-electron chi connectivity index (χ0n) is 33.9. The number of hydrogen-bond acceptors (Lipinski definition) is 9. The molecule has 0 unspecified atom stereocenters. The molecular formula is C42H56N8O7S. The number of carbonyl (C=O) groups is 4. The Morgan fingerprint density at radius 1 is 1.00 bits per heavy atom. The van der Waals surface area contributed by atoms with Gasteiger partial charge >= 0.3 is 6.03 Å². The number of allylic oxidation sites excluding steroid dienone is 1. The van der Waals surface area contributed by atoms with Gasteiger partial charge in [0.25, 0.3) is 11.9 Å². The van der Waals surface area contributed by atoms with E-state index in [0.29, 0.717) is 30.5 Å². The van der Waals surface area contributed by atoms with Gasteiger partial charge in [0.2, 0.25) is 21.8 Å². The van der Waals surface area contributed by atoms with Crippen LogP contribution >= 0.6 is 0 Å². The average Bonchev–Trinajstić information content (AvgIpc) is 3.98. The number of rotatable bonds is 10. The summed E-state index contributed by atoms with van der Waals surface area (Å²) in [6.45, 7) is 9.38. The molecule has 3 aromatic rings. The average molecular weight is 817 g/mol. The van der Waals surface area contributed by atoms with E-state index in [2.05, 4.69) is 26.0 Å². The summed E-state index contributed by atoms with van der Waals surface area (Å²) >= 11 is 0. The van der Waals surface area contributed by atoms with Crippen LogP contribution in [-0.4, -0.2) is 87.7 Å². The third kappa shape index (κ3) is 8.52. The van der Waals surface area contributed by atoms with E-state index in [-0.39, 0.29) is 49.4 Å². The first-order valence-corrected chi connectivity index (χ1v) is 22.0. The maximum absolute atomic E-state index is 14.8. The smallest absolute Gasteiger partial charge is 0.319 e. The molecule has 0 spiro atoms. The van der Waals surface area contributed by atoms with E-state index in [1.807, 2.05) is 86.9 Å². The Bertz CT molecular complexity index is 2180. The maximum atomic E-state index is 14.8. The van der Waals surface area contributed by atoms with Gasteiger partial charge in [-0.05, 0) is 97.4 Å². The van der Waals surface area contributed by atoms with Crippen molar-refractivity contribution in [2.24, 2.45) is 5.92 Å². The van der Waals surface area contributed by atoms with Crippen molar-refractivity contribution in [1.82, 2.24) is 29.8 Å². The lowest BCUT2D eigenvalue weighted by Gasteiger charge is -2.30. The molecule has 2 aromatic carbocycles. The first kappa shape index (κ1) is 41.1. The first-order chi connectivity index (χ1) is 27.6. The molecule has 1 saturated heterocycles. The van der Waals surface area contributed by atoms with E-state index in [9.17, 15) is 27.6 Å². The number of aromatic nitrogens is 2. The number of hydrogen-bond donors (Lipinski definition) is 5. The Morgan fingerprint density at radius 3 is 2.47 bits per heavy atom. The minimum absolute atomic E-state index is 0.0579. The van der Waals surface area contributed by atoms with E-state index in [0.717, 1.165) is 36.9 Å². The highest BCUT2D eigenvalue weighted by molar-refractivity contribution is 7.91. The largest absolute Gasteiger partial charge is 0.459 e. The van der Waals surface area contributed by atoms with Gasteiger partial charge in [-0.15, -0.1) is 0 Å². The van der Waals surface area contributed by atoms with Gasteiger partial charge in [-0.3, -0.25) is 23.7 Å². The number of imidazole rings is 1. The fourth-order valence-electron chi connectivity index (χ4n) is 8.03. The monoisotopic (exact) mass is 816 g/mol. The summed E-state index contributed by atoms with van der Waals surface area (Å²) in [5.41, 5.74) is 1.04. The number of urea groups is 1. The predicted molar refractivity (Wildman–Crippen MR) is 222 cm³/mol. The summed E-state index contributed by atoms with van der Waals surface area (Å²) in [4.78, 5) is 62.4. The van der Waals surface area contributed by atoms with Crippen LogP contribution in [0.1, 0.15) is 98.4 Å². The van der Waals surface area contributed by atoms with E-state index >= 15 is 0 Å². The van der Waals surface area contributed by atoms with Crippen LogP contribution in [0.25, 0.3) is 11.0 Å². The number of anilines is 2. The number of para-hydroxylation sites is 2. The molecule has 58 heavy (non-hydrogen) atoms. The van der Waals surface area contributed by atoms with Crippen molar-refractivity contribution in [3.05, 3.63) is 60.7 Å². The molecule has 3 heterocycles. The minimum atomic E-state index is -3.98. The summed E-state index contributed by atoms with van der Waals surface area (Å²) in [7, 11) is -3.98. The Hall–Kier alpha value is -5.12. The molecule has 2 saturated carbocycles. The normalized spacial score (nSPS) is 26.4. The predicted octanol–water partition coefficient (Wildman–Crippen LogP) is 5.37. The third-order valence-electron chi connectivity index (χ3n) is 11.7. The number of sulfonamides is 1. The summed E-state index contributed by atoms with van der Waals surface area (Å²) in [5, 5.41) is 12.1. The molecular weight excluding hydrogens is 761 g/mol. The molecule has 5 amide bonds. The third-order valence-corrected chi connectivity index (χ3v) is 13.9. The molecule has 2 aliphatic carbocycles. The first-order valence-electron chi connectivity index (χ1n) is 20.5. The number of benzene rings is 2. The Balaban J connectivity index is 1.21. The number of fused-ring (bicyclic) bond motifs is 3. The lowest BCUT2D eigenvalue weighted by atomic mass is 10.0. The Kier molecular flexibility index (Phi) is 11.5. The van der Waals surface area contributed by atoms with Crippen molar-refractivity contribution < 1.29 is 32.3 Å². The molecule has 312 valence electrons. The minimum Gasteiger partial charge on any atom is -0.459 e. The zero-order chi connectivity index (χ0) is 41.4. The molecule has 16 heteroatoms. The van der Waals surface area contributed by atoms with Crippen molar-refractivity contribution >= 4 is 56.2 Å². The van der Waals surface area contributed by atoms with Crippen molar-refractivity contribution in [3.63, 3.8) is 0 Å². The van der Waals surface area contributed by atoms with E-state index in [1.165, 1.54) is 4.90 Å². The highest BCUT2D eigenvalue weighted by Gasteiger charge is 2.63. The Labute approximate surface area is 340 Å². The summed E-state index contributed by atoms with van der Waals surface area (Å²) < 4.78 is 36.3. The van der Waals surface area contributed by atoms with Crippen LogP contribution in [0.2, 0.25) is 0 Å². The lowest BCUT2D eigenvalue weighted by molar-refractivity contribution is -0.140. The fraction of sp³-hybridized carbons (Fsp3) is 0.548. The second kappa shape index (κ2) is 16.3. The number of carbonyl (C=O) groups excluding carboxylic acids is 4. The lowest BCUT2D eigenvalue weighted by Crippen LogP contribution is -2.58. The van der Waals surface area contributed by atoms with Crippen LogP contribution < -0.4 is 30.7 Å². The summed E-state index contributed by atoms with van der Waals surface area (Å²) in [6.07, 6.45) is 8.23. The van der Waals surface area contributed by atoms with E-state index in [4.69, 9.17) is 9.72 Å². The number of nitrogens with one attached hydrogen (secondary N) is 5. The topological polar surface area (TPSA) is 193 Å². The molecule has 3 fully saturated rings. The van der Waals surface area contributed by atoms with E-state index in [1.54, 1.807) is 13.0 Å². The fourth-order valence-corrected chi connectivity index (χ4v) is 9.34. The van der Waals surface area contributed by atoms with Crippen LogP contribution in [0, 0.1) is 5.92 Å². The van der Waals surface area contributed by atoms with Gasteiger partial charge in [0.1, 0.15) is 29.2 Å². The van der Waals surface area contributed by atoms with Crippen LogP contribution in [0.3, 0.4) is 0 Å². The van der Waals surface area contributed by atoms with Gasteiger partial charge in [-0.25, -0.2) is 13.2 Å². The van der Waals surface area contributed by atoms with Crippen LogP contribution in [-0.2, 0) is 24.4 Å². The second-order valence-corrected chi connectivity index (χ2v) is 19.2. The maximum Gasteiger partial charge on any atom is 0.319 e. The summed E-state index contributed by atoms with van der Waals surface area (Å²) in [5.74, 6) is -2.02. The molecule has 0 bridgehead atoms. The van der Waals surface area contributed by atoms with Gasteiger partial charge in [-0.2, -0.15) is 4.98 Å². The molecule has 5 N–H and O–H groups in total. The van der Waals surface area contributed by atoms with Gasteiger partial charge in [-0.1, -0.05) is 49.3 Å². The molecule has 15 nitrogen and oxygen atoms in total. The van der Waals surface area contributed by atoms with Gasteiger partial charge in [0.05, 0.1) is 22.5 Å². The van der Waals surface area contributed by atoms with Gasteiger partial charge < -0.3 is 30.9 Å². The van der Waals surface area contributed by atoms with Crippen LogP contribution in [0.15, 0.2) is 60.7 Å². The van der Waals surface area contributed by atoms with E-state index < -0.39 is 56.2 Å². The van der Waals surface area contributed by atoms with Gasteiger partial charge in [0, 0.05) is 30.1 Å². The van der Waals surface area contributed by atoms with Crippen molar-refractivity contribution in [1.29, 1.82) is 0 Å². The highest BCUT2D eigenvalue weighted by atomic mass is 32.2. The van der Waals surface area contributed by atoms with Crippen molar-refractivity contribution in [2.75, 3.05) is 17.2 Å². The highest BCUT2D eigenvalue weighted by Crippen LogP contribution is 2.47. The second-order valence-electron chi connectivity index (χ2n) is 17.1. The van der Waals surface area contributed by atoms with Crippen LogP contribution in [0.4, 0.5) is 16.2 Å². The number of nitrogens with zero attached hydrogens (tertiary/aromatic N) is 3. The summed E-state index contributed by atoms with van der Waals surface area (Å²) in [6, 6.07) is 13.0. The number of amides is 5. The molecule has 2 aliphatic heterocycles. The number of ether oxygens (including phenoxy) is 1. The molecule has 5 atom stereocenters. The molecule has 1 aromatic heterocycles. The molecule has 0 radical (unpaired) electrons. The molecule has 7 rings (SSSR count). The standard InChI is InChI=1S/C42H56N8O7S/c1-26(2)43-39(54)45-31-19-14-20-33-35(31)46-40(50(33)27(3)4)57-30-23-34-36(51)47-42(38(53)48-58(55,56)41(5)21-22-41)24-28(42)15-10-7-6-8-13-18-32(37(52)49(34)25-30)44-29-16-11-9-12-17-29/h9-12,14-17,19-20,26-28,30,32,34,44H,6-8,13,18,21-25H2,1-5H3,(H,47,51)(H,48,53)(H2,43,45,54)/b15-10-/t28-,30-,32+,34+,42-/m1/s1.